The second-order valence-electron chi connectivity index (χ2n) is 21.5. The van der Waals surface area contributed by atoms with Crippen LogP contribution in [-0.4, -0.2) is 11.9 Å². The monoisotopic (exact) mass is 961 g/mol. The molecule has 0 heterocycles. The summed E-state index contributed by atoms with van der Waals surface area (Å²) >= 11 is 0. The molecule has 2 nitrogen and oxygen atoms in total. The minimum Gasteiger partial charge on any atom is -0.255 e. The summed E-state index contributed by atoms with van der Waals surface area (Å²) in [5, 5.41) is 0. The molecule has 0 aliphatic rings. The molecule has 0 aliphatic carbocycles. The lowest BCUT2D eigenvalue weighted by molar-refractivity contribution is 0.525. The molecule has 0 saturated heterocycles. The van der Waals surface area contributed by atoms with Crippen molar-refractivity contribution in [1.29, 1.82) is 0 Å². The zero-order chi connectivity index (χ0) is 49.7. The molecule has 0 N–H and O–H groups in total. The van der Waals surface area contributed by atoms with E-state index < -0.39 is 0 Å². The van der Waals surface area contributed by atoms with Crippen LogP contribution in [0.3, 0.4) is 0 Å². The van der Waals surface area contributed by atoms with E-state index in [1.807, 2.05) is 0 Å². The summed E-state index contributed by atoms with van der Waals surface area (Å²) in [5.41, 5.74) is 6.01. The van der Waals surface area contributed by atoms with Crippen molar-refractivity contribution in [1.82, 2.24) is 0 Å². The minimum atomic E-state index is 0.961. The fourth-order valence-corrected chi connectivity index (χ4v) is 10.1. The number of unbranched alkanes of at least 4 members (excludes halogenated alkanes) is 39. The molecule has 398 valence electrons. The van der Waals surface area contributed by atoms with Crippen LogP contribution in [0.1, 0.15) is 321 Å². The van der Waals surface area contributed by atoms with Crippen LogP contribution in [0.4, 0.5) is 11.4 Å². The standard InChI is InChI=1S/C68H116N2/c1-4-7-10-12-14-16-18-20-22-24-26-28-30-32-34-36-38-40-42-44-46-48-50-56-64-58-52-54-61-67(64)69-63-66(60-9-6-3)70-68-62-55-53-59-65(68)57-51-49-47-45-43-41-39-37-35-33-31-29-27-25-23-21-19-17-15-13-11-8-5-2/h44-47,52-55,58-59,61-63H,4-43,48-51,56-57,60H2,1-3H3/b46-44+,47-45+,69-63?,70-66?. The highest BCUT2D eigenvalue weighted by molar-refractivity contribution is 6.31. The third-order valence-electron chi connectivity index (χ3n) is 14.8. The zero-order valence-electron chi connectivity index (χ0n) is 47.1. The first-order chi connectivity index (χ1) is 34.8. The Balaban J connectivity index is 1.56. The highest BCUT2D eigenvalue weighted by atomic mass is 14.8. The second-order valence-corrected chi connectivity index (χ2v) is 21.5. The molecule has 2 heteroatoms. The highest BCUT2D eigenvalue weighted by Crippen LogP contribution is 2.25. The van der Waals surface area contributed by atoms with Gasteiger partial charge in [-0.3, -0.25) is 9.98 Å². The topological polar surface area (TPSA) is 24.7 Å². The predicted octanol–water partition coefficient (Wildman–Crippen LogP) is 24.0. The zero-order valence-corrected chi connectivity index (χ0v) is 47.1. The molecule has 0 fully saturated rings. The van der Waals surface area contributed by atoms with Crippen molar-refractivity contribution in [2.45, 2.75) is 323 Å². The van der Waals surface area contributed by atoms with Crippen molar-refractivity contribution < 1.29 is 0 Å². The highest BCUT2D eigenvalue weighted by Gasteiger charge is 2.06. The van der Waals surface area contributed by atoms with Gasteiger partial charge in [0, 0.05) is 6.21 Å². The van der Waals surface area contributed by atoms with Crippen LogP contribution in [-0.2, 0) is 12.8 Å². The molecule has 2 aromatic rings. The molecule has 0 amide bonds. The van der Waals surface area contributed by atoms with Crippen LogP contribution in [0.2, 0.25) is 0 Å². The van der Waals surface area contributed by atoms with E-state index in [1.54, 1.807) is 0 Å². The van der Waals surface area contributed by atoms with Gasteiger partial charge in [-0.2, -0.15) is 0 Å². The molecule has 0 spiro atoms. The van der Waals surface area contributed by atoms with E-state index in [4.69, 9.17) is 9.98 Å². The van der Waals surface area contributed by atoms with Crippen molar-refractivity contribution >= 4 is 23.3 Å². The quantitative estimate of drug-likeness (QED) is 0.0359. The lowest BCUT2D eigenvalue weighted by Crippen LogP contribution is -2.00. The van der Waals surface area contributed by atoms with Crippen molar-refractivity contribution in [3.8, 4) is 0 Å². The van der Waals surface area contributed by atoms with Crippen LogP contribution in [0.25, 0.3) is 0 Å². The van der Waals surface area contributed by atoms with E-state index >= 15 is 0 Å². The summed E-state index contributed by atoms with van der Waals surface area (Å²) in [4.78, 5) is 10.3. The molecule has 0 bridgehead atoms. The van der Waals surface area contributed by atoms with Gasteiger partial charge in [-0.15, -0.1) is 0 Å². The summed E-state index contributed by atoms with van der Waals surface area (Å²) in [7, 11) is 0. The smallest absolute Gasteiger partial charge is 0.0665 e. The Labute approximate surface area is 437 Å². The number of aryl methyl sites for hydroxylation is 2. The first-order valence-corrected chi connectivity index (χ1v) is 31.4. The maximum Gasteiger partial charge on any atom is 0.0665 e. The number of nitrogens with zero attached hydrogens (tertiary/aromatic N) is 2. The molecule has 0 saturated carbocycles. The van der Waals surface area contributed by atoms with E-state index in [-0.39, 0.29) is 0 Å². The first kappa shape index (κ1) is 63.4. The number of allylic oxidation sites excluding steroid dienone is 4. The Morgan fingerprint density at radius 3 is 0.957 bits per heavy atom. The molecule has 0 atom stereocenters. The van der Waals surface area contributed by atoms with E-state index in [2.05, 4.69) is 99.8 Å². The Morgan fingerprint density at radius 2 is 0.600 bits per heavy atom. The van der Waals surface area contributed by atoms with Crippen LogP contribution >= 0.6 is 0 Å². The lowest BCUT2D eigenvalue weighted by Gasteiger charge is -2.08. The molecule has 70 heavy (non-hydrogen) atoms. The molecule has 2 aromatic carbocycles. The summed E-state index contributed by atoms with van der Waals surface area (Å²) in [6.45, 7) is 6.88. The molecule has 2 rings (SSSR count). The minimum absolute atomic E-state index is 0.961. The number of hydrogen-bond acceptors (Lipinski definition) is 2. The molecule has 0 radical (unpaired) electrons. The normalized spacial score (nSPS) is 12.2. The Hall–Kier alpha value is -2.74. The fourth-order valence-electron chi connectivity index (χ4n) is 10.1. The van der Waals surface area contributed by atoms with Crippen LogP contribution < -0.4 is 0 Å². The van der Waals surface area contributed by atoms with Crippen LogP contribution in [0.15, 0.2) is 82.8 Å². The fraction of sp³-hybridized carbons (Fsp3) is 0.735. The average Bonchev–Trinajstić information content (AvgIpc) is 3.38. The number of benzene rings is 2. The Bertz CT molecular complexity index is 1510. The molecule has 0 aliphatic heterocycles. The van der Waals surface area contributed by atoms with Gasteiger partial charge in [0.25, 0.3) is 0 Å². The van der Waals surface area contributed by atoms with Crippen LogP contribution in [0, 0.1) is 0 Å². The van der Waals surface area contributed by atoms with Gasteiger partial charge in [0.2, 0.25) is 0 Å². The Morgan fingerprint density at radius 1 is 0.314 bits per heavy atom. The van der Waals surface area contributed by atoms with Gasteiger partial charge >= 0.3 is 0 Å². The van der Waals surface area contributed by atoms with Gasteiger partial charge in [-0.25, -0.2) is 0 Å². The third-order valence-corrected chi connectivity index (χ3v) is 14.8. The predicted molar refractivity (Wildman–Crippen MR) is 319 cm³/mol. The molecular weight excluding hydrogens is 845 g/mol. The van der Waals surface area contributed by atoms with Crippen molar-refractivity contribution in [3.05, 3.63) is 84.0 Å². The van der Waals surface area contributed by atoms with E-state index in [0.717, 1.165) is 62.0 Å². The van der Waals surface area contributed by atoms with Crippen LogP contribution in [0.5, 0.6) is 0 Å². The SMILES string of the molecule is CCCCCCCCCCCCCCCCCCCC/C=C/CCCc1ccccc1N=CC(CCCC)=Nc1ccccc1CCC/C=C/CCCCCCCCCCCCCCCCCCCC. The number of aliphatic imine (C=N–C) groups is 2. The lowest BCUT2D eigenvalue weighted by atomic mass is 10.0. The Kier molecular flexibility index (Phi) is 46.3. The second kappa shape index (κ2) is 51.2. The average molecular weight is 962 g/mol. The summed E-state index contributed by atoms with van der Waals surface area (Å²) in [5.74, 6) is 0. The summed E-state index contributed by atoms with van der Waals surface area (Å²) in [6.07, 6.45) is 76.1. The van der Waals surface area contributed by atoms with Gasteiger partial charge in [0.15, 0.2) is 0 Å². The third kappa shape index (κ3) is 39.8. The van der Waals surface area contributed by atoms with E-state index in [1.165, 1.54) is 268 Å². The molecular formula is C68H116N2. The van der Waals surface area contributed by atoms with E-state index in [9.17, 15) is 0 Å². The van der Waals surface area contributed by atoms with Gasteiger partial charge in [-0.05, 0) is 100 Å². The maximum atomic E-state index is 5.25. The summed E-state index contributed by atoms with van der Waals surface area (Å²) in [6, 6.07) is 17.5. The van der Waals surface area contributed by atoms with Crippen molar-refractivity contribution in [3.63, 3.8) is 0 Å². The summed E-state index contributed by atoms with van der Waals surface area (Å²) < 4.78 is 0. The number of para-hydroxylation sites is 2. The van der Waals surface area contributed by atoms with E-state index in [0.29, 0.717) is 0 Å². The number of rotatable bonds is 52. The first-order valence-electron chi connectivity index (χ1n) is 31.4. The molecule has 0 aromatic heterocycles. The largest absolute Gasteiger partial charge is 0.255 e. The van der Waals surface area contributed by atoms with Gasteiger partial charge in [0.05, 0.1) is 17.1 Å². The van der Waals surface area contributed by atoms with Gasteiger partial charge < -0.3 is 0 Å². The van der Waals surface area contributed by atoms with Crippen molar-refractivity contribution in [2.24, 2.45) is 9.98 Å². The molecule has 0 unspecified atom stereocenters. The van der Waals surface area contributed by atoms with Gasteiger partial charge in [-0.1, -0.05) is 306 Å². The number of hydrogen-bond donors (Lipinski definition) is 0. The maximum absolute atomic E-state index is 5.25. The van der Waals surface area contributed by atoms with Crippen molar-refractivity contribution in [2.75, 3.05) is 0 Å². The van der Waals surface area contributed by atoms with Gasteiger partial charge in [0.1, 0.15) is 0 Å².